The summed E-state index contributed by atoms with van der Waals surface area (Å²) >= 11 is 0. The molecule has 6 radical (unpaired) electrons. The Morgan fingerprint density at radius 1 is 0.639 bits per heavy atom. The minimum absolute atomic E-state index is 0. The second kappa shape index (κ2) is 30.4. The van der Waals surface area contributed by atoms with E-state index in [9.17, 15) is 24.3 Å². The average Bonchev–Trinajstić information content (AvgIpc) is 2.66. The van der Waals surface area contributed by atoms with E-state index in [1.807, 2.05) is 0 Å². The number of nitrogens with one attached hydrogen (secondary N) is 1. The summed E-state index contributed by atoms with van der Waals surface area (Å²) in [6, 6.07) is -0.793. The normalized spacial score (nSPS) is 16.3. The maximum absolute atomic E-state index is 11.8. The van der Waals surface area contributed by atoms with Crippen molar-refractivity contribution in [3.05, 3.63) is 19.6 Å². The quantitative estimate of drug-likeness (QED) is 0.202. The Hall–Kier alpha value is 3.95. The van der Waals surface area contributed by atoms with E-state index < -0.39 is 23.9 Å². The van der Waals surface area contributed by atoms with Crippen molar-refractivity contribution in [3.8, 4) is 0 Å². The standard InChI is InChI=1S/C18H30N5O7.6Y/c1-14(18(29)30)23-9-7-20(11-15(24)19-2)3-4-21(12-16(25)26)5-6-22(8-10-23)13-17(27)28;;;;;;/h11-14H,3-10H2,1-2H3,(H,19,24)(H,25,26)(H,27,28)(H,29,30);;;;;;/q-3;;;;;;. The van der Waals surface area contributed by atoms with E-state index in [2.05, 4.69) is 5.32 Å². The molecule has 0 aromatic rings. The number of carbonyl (C=O) groups excluding carboxylic acids is 1. The molecule has 0 saturated carbocycles. The second-order valence-electron chi connectivity index (χ2n) is 6.84. The van der Waals surface area contributed by atoms with Gasteiger partial charge in [0, 0.05) is 216 Å². The first-order valence-corrected chi connectivity index (χ1v) is 9.53. The van der Waals surface area contributed by atoms with E-state index in [-0.39, 0.29) is 235 Å². The minimum Gasteiger partial charge on any atom is -0.502 e. The number of carbonyl (C=O) groups is 4. The van der Waals surface area contributed by atoms with Crippen LogP contribution in [0.15, 0.2) is 0 Å². The van der Waals surface area contributed by atoms with Crippen LogP contribution in [0.3, 0.4) is 0 Å². The summed E-state index contributed by atoms with van der Waals surface area (Å²) in [5, 5.41) is 30.1. The molecule has 1 aliphatic heterocycles. The summed E-state index contributed by atoms with van der Waals surface area (Å²) in [7, 11) is 1.49. The van der Waals surface area contributed by atoms with Gasteiger partial charge in [0.05, 0.1) is 5.91 Å². The molecule has 1 unspecified atom stereocenters. The zero-order valence-electron chi connectivity index (χ0n) is 20.7. The van der Waals surface area contributed by atoms with Crippen LogP contribution in [-0.2, 0) is 215 Å². The first-order valence-electron chi connectivity index (χ1n) is 9.53. The van der Waals surface area contributed by atoms with Crippen LogP contribution < -0.4 is 5.32 Å². The molecule has 36 heavy (non-hydrogen) atoms. The van der Waals surface area contributed by atoms with Gasteiger partial charge in [-0.1, -0.05) is 0 Å². The third-order valence-electron chi connectivity index (χ3n) is 4.74. The predicted octanol–water partition coefficient (Wildman–Crippen LogP) is -1.93. The Morgan fingerprint density at radius 2 is 0.944 bits per heavy atom. The average molecular weight is 962 g/mol. The van der Waals surface area contributed by atoms with Gasteiger partial charge in [0.2, 0.25) is 0 Å². The predicted molar refractivity (Wildman–Crippen MR) is 106 cm³/mol. The van der Waals surface area contributed by atoms with E-state index in [1.54, 1.807) is 21.6 Å². The van der Waals surface area contributed by atoms with Crippen molar-refractivity contribution >= 4 is 23.8 Å². The van der Waals surface area contributed by atoms with Crippen molar-refractivity contribution in [2.45, 2.75) is 13.0 Å². The molecule has 0 aliphatic carbocycles. The first-order chi connectivity index (χ1) is 14.1. The van der Waals surface area contributed by atoms with E-state index in [0.29, 0.717) is 19.6 Å². The SMILES string of the molecule is CNC(=O)[CH-]N1CCN([CH-]C(=O)O)CCN([CH-]C(=O)O)CCN(C(C)C(=O)O)CC1.[Y].[Y].[Y].[Y].[Y].[Y]. The van der Waals surface area contributed by atoms with Gasteiger partial charge in [-0.05, 0) is 46.2 Å². The Bertz CT molecular complexity index is 627. The molecule has 0 bridgehead atoms. The maximum Gasteiger partial charge on any atom is 0.320 e. The molecule has 0 spiro atoms. The molecule has 18 heteroatoms. The van der Waals surface area contributed by atoms with Crippen molar-refractivity contribution in [3.63, 3.8) is 0 Å². The number of rotatable bonds is 8. The van der Waals surface area contributed by atoms with Gasteiger partial charge in [-0.25, -0.2) is 19.6 Å². The summed E-state index contributed by atoms with van der Waals surface area (Å²) < 4.78 is 0. The molecule has 1 amide bonds. The topological polar surface area (TPSA) is 154 Å². The van der Waals surface area contributed by atoms with Gasteiger partial charge < -0.3 is 40.1 Å². The summed E-state index contributed by atoms with van der Waals surface area (Å²) in [5.74, 6) is -3.59. The molecule has 1 rings (SSSR count). The first kappa shape index (κ1) is 52.6. The van der Waals surface area contributed by atoms with Crippen LogP contribution in [0.2, 0.25) is 0 Å². The molecule has 12 nitrogen and oxygen atoms in total. The number of likely N-dealkylation sites (N-methyl/N-ethyl adjacent to an activating group) is 1. The van der Waals surface area contributed by atoms with Crippen molar-refractivity contribution in [1.82, 2.24) is 24.9 Å². The Balaban J connectivity index is -0.000000375. The Morgan fingerprint density at radius 3 is 1.22 bits per heavy atom. The summed E-state index contributed by atoms with van der Waals surface area (Å²) in [6.45, 7) is 7.28. The molecular weight excluding hydrogens is 932 g/mol. The van der Waals surface area contributed by atoms with Crippen LogP contribution in [0.4, 0.5) is 0 Å². The fraction of sp³-hybridized carbons (Fsp3) is 0.611. The monoisotopic (exact) mass is 962 g/mol. The van der Waals surface area contributed by atoms with Gasteiger partial charge in [0.1, 0.15) is 6.04 Å². The second-order valence-corrected chi connectivity index (χ2v) is 6.84. The van der Waals surface area contributed by atoms with Gasteiger partial charge in [-0.15, -0.1) is 0 Å². The van der Waals surface area contributed by atoms with E-state index in [1.165, 1.54) is 18.5 Å². The summed E-state index contributed by atoms with van der Waals surface area (Å²) in [6.07, 6.45) is 0. The number of carboxylic acid groups (broad SMARTS) is 3. The van der Waals surface area contributed by atoms with Crippen LogP contribution in [-0.4, -0.2) is 124 Å². The number of hydrogen-bond donors (Lipinski definition) is 4. The molecule has 1 heterocycles. The van der Waals surface area contributed by atoms with Crippen molar-refractivity contribution < 1.29 is 231 Å². The van der Waals surface area contributed by atoms with Crippen LogP contribution in [0.1, 0.15) is 6.92 Å². The third kappa shape index (κ3) is 24.5. The number of hydrogen-bond acceptors (Lipinski definition) is 8. The van der Waals surface area contributed by atoms with Crippen LogP contribution in [0.5, 0.6) is 0 Å². The smallest absolute Gasteiger partial charge is 0.320 e. The largest absolute Gasteiger partial charge is 0.502 e. The Kier molecular flexibility index (Phi) is 44.4. The molecule has 190 valence electrons. The van der Waals surface area contributed by atoms with Crippen LogP contribution in [0.25, 0.3) is 0 Å². The fourth-order valence-electron chi connectivity index (χ4n) is 2.95. The number of aliphatic carboxylic acids is 3. The van der Waals surface area contributed by atoms with Gasteiger partial charge in [0.15, 0.2) is 11.9 Å². The molecule has 1 atom stereocenters. The number of carboxylic acids is 3. The Labute approximate surface area is 364 Å². The minimum atomic E-state index is -1.14. The van der Waals surface area contributed by atoms with Crippen molar-refractivity contribution in [2.24, 2.45) is 0 Å². The van der Waals surface area contributed by atoms with Crippen molar-refractivity contribution in [2.75, 3.05) is 59.4 Å². The van der Waals surface area contributed by atoms with Gasteiger partial charge in [0.25, 0.3) is 0 Å². The van der Waals surface area contributed by atoms with E-state index >= 15 is 0 Å². The molecule has 0 aromatic carbocycles. The summed E-state index contributed by atoms with van der Waals surface area (Å²) in [5.41, 5.74) is 0. The zero-order valence-corrected chi connectivity index (χ0v) is 37.7. The maximum atomic E-state index is 11.8. The zero-order chi connectivity index (χ0) is 22.7. The molecule has 1 aliphatic rings. The molecule has 4 N–H and O–H groups in total. The molecular formula is C18H30N5O7Y6-3. The van der Waals surface area contributed by atoms with Crippen LogP contribution >= 0.6 is 0 Å². The van der Waals surface area contributed by atoms with Crippen LogP contribution in [0, 0.1) is 19.6 Å². The number of nitrogens with zero attached hydrogens (tertiary/aromatic N) is 4. The van der Waals surface area contributed by atoms with E-state index in [0.717, 1.165) is 13.1 Å². The van der Waals surface area contributed by atoms with Gasteiger partial charge in [-0.3, -0.25) is 19.3 Å². The number of amides is 1. The van der Waals surface area contributed by atoms with Gasteiger partial charge >= 0.3 is 5.97 Å². The summed E-state index contributed by atoms with van der Waals surface area (Å²) in [4.78, 5) is 52.0. The van der Waals surface area contributed by atoms with Crippen molar-refractivity contribution in [1.29, 1.82) is 0 Å². The molecule has 0 aromatic heterocycles. The molecule has 1 fully saturated rings. The molecule has 1 saturated heterocycles. The fourth-order valence-corrected chi connectivity index (χ4v) is 2.95. The van der Waals surface area contributed by atoms with E-state index in [4.69, 9.17) is 10.2 Å². The van der Waals surface area contributed by atoms with Gasteiger partial charge in [-0.2, -0.15) is 0 Å². The third-order valence-corrected chi connectivity index (χ3v) is 4.74.